The van der Waals surface area contributed by atoms with Crippen LogP contribution in [-0.4, -0.2) is 4.87 Å². The molecule has 0 spiro atoms. The maximum Gasteiger partial charge on any atom is 0.0912 e. The molecule has 0 saturated heterocycles. The minimum Gasteiger partial charge on any atom is -0.112 e. The molecule has 2 heteroatoms. The van der Waals surface area contributed by atoms with E-state index in [2.05, 4.69) is 27.7 Å². The van der Waals surface area contributed by atoms with Gasteiger partial charge in [0.15, 0.2) is 0 Å². The normalized spacial score (nSPS) is 26.8. The van der Waals surface area contributed by atoms with Crippen LogP contribution in [0.15, 0.2) is 10.6 Å². The van der Waals surface area contributed by atoms with Crippen molar-refractivity contribution in [3.8, 4) is 0 Å². The zero-order valence-corrected chi connectivity index (χ0v) is 10.8. The second-order valence-corrected chi connectivity index (χ2v) is 6.17. The van der Waals surface area contributed by atoms with Gasteiger partial charge in [-0.2, -0.15) is 0 Å². The summed E-state index contributed by atoms with van der Waals surface area (Å²) >= 11 is 12.9. The third-order valence-corrected chi connectivity index (χ3v) is 5.86. The van der Waals surface area contributed by atoms with Gasteiger partial charge < -0.3 is 0 Å². The van der Waals surface area contributed by atoms with Crippen molar-refractivity contribution in [2.24, 2.45) is 10.8 Å². The summed E-state index contributed by atoms with van der Waals surface area (Å²) in [4.78, 5) is -0.361. The van der Waals surface area contributed by atoms with Gasteiger partial charge in [-0.3, -0.25) is 0 Å². The number of halogens is 2. The summed E-state index contributed by atoms with van der Waals surface area (Å²) in [5, 5.41) is 0.823. The van der Waals surface area contributed by atoms with Crippen LogP contribution in [0.25, 0.3) is 0 Å². The summed E-state index contributed by atoms with van der Waals surface area (Å²) in [6.07, 6.45) is 0. The van der Waals surface area contributed by atoms with Gasteiger partial charge in [-0.15, -0.1) is 11.6 Å². The topological polar surface area (TPSA) is 0 Å². The lowest BCUT2D eigenvalue weighted by Gasteiger charge is -2.13. The summed E-state index contributed by atoms with van der Waals surface area (Å²) in [5.74, 6) is 0. The van der Waals surface area contributed by atoms with E-state index in [1.807, 2.05) is 13.8 Å². The van der Waals surface area contributed by atoms with Crippen molar-refractivity contribution in [2.75, 3.05) is 0 Å². The summed E-state index contributed by atoms with van der Waals surface area (Å²) in [6, 6.07) is 0. The maximum absolute atomic E-state index is 6.58. The molecule has 0 amide bonds. The van der Waals surface area contributed by atoms with E-state index in [0.29, 0.717) is 0 Å². The molecular weight excluding hydrogens is 203 g/mol. The fourth-order valence-electron chi connectivity index (χ4n) is 2.14. The minimum atomic E-state index is -0.361. The second-order valence-electron chi connectivity index (χ2n) is 5.22. The molecule has 0 atom stereocenters. The molecule has 0 aromatic carbocycles. The third-order valence-electron chi connectivity index (χ3n) is 3.96. The van der Waals surface area contributed by atoms with Crippen LogP contribution in [0.1, 0.15) is 41.5 Å². The van der Waals surface area contributed by atoms with Crippen molar-refractivity contribution in [3.63, 3.8) is 0 Å². The van der Waals surface area contributed by atoms with Crippen LogP contribution in [-0.2, 0) is 0 Å². The second kappa shape index (κ2) is 2.67. The molecule has 0 heterocycles. The molecule has 0 bridgehead atoms. The Labute approximate surface area is 91.3 Å². The first-order valence-electron chi connectivity index (χ1n) is 4.63. The third kappa shape index (κ3) is 1.05. The van der Waals surface area contributed by atoms with E-state index in [9.17, 15) is 0 Å². The molecule has 0 N–H and O–H groups in total. The van der Waals surface area contributed by atoms with E-state index in [1.54, 1.807) is 0 Å². The van der Waals surface area contributed by atoms with Crippen LogP contribution in [0.3, 0.4) is 0 Å². The lowest BCUT2D eigenvalue weighted by Crippen LogP contribution is -2.11. The highest BCUT2D eigenvalue weighted by molar-refractivity contribution is 6.42. The zero-order valence-electron chi connectivity index (χ0n) is 9.26. The lowest BCUT2D eigenvalue weighted by atomic mass is 10.0. The summed E-state index contributed by atoms with van der Waals surface area (Å²) in [7, 11) is 0. The van der Waals surface area contributed by atoms with Gasteiger partial charge in [-0.25, -0.2) is 0 Å². The van der Waals surface area contributed by atoms with E-state index >= 15 is 0 Å². The first kappa shape index (κ1) is 11.4. The predicted octanol–water partition coefficient (Wildman–Crippen LogP) is 4.56. The molecule has 0 aromatic rings. The number of allylic oxidation sites excluding steroid dienone is 2. The first-order chi connectivity index (χ1) is 5.60. The predicted molar refractivity (Wildman–Crippen MR) is 60.4 cm³/mol. The van der Waals surface area contributed by atoms with Gasteiger partial charge in [0.25, 0.3) is 0 Å². The summed E-state index contributed by atoms with van der Waals surface area (Å²) in [6.45, 7) is 12.7. The van der Waals surface area contributed by atoms with E-state index in [1.165, 1.54) is 0 Å². The van der Waals surface area contributed by atoms with E-state index < -0.39 is 0 Å². The molecule has 0 aromatic heterocycles. The van der Waals surface area contributed by atoms with Gasteiger partial charge in [0.05, 0.1) is 4.87 Å². The Morgan fingerprint density at radius 1 is 0.923 bits per heavy atom. The molecule has 1 rings (SSSR count). The molecule has 0 radical (unpaired) electrons. The van der Waals surface area contributed by atoms with Crippen LogP contribution in [0.4, 0.5) is 0 Å². The molecule has 0 aliphatic heterocycles. The zero-order chi connectivity index (χ0) is 10.7. The number of hydrogen-bond donors (Lipinski definition) is 0. The summed E-state index contributed by atoms with van der Waals surface area (Å²) in [5.41, 5.74) is 1.28. The van der Waals surface area contributed by atoms with Gasteiger partial charge in [0, 0.05) is 5.03 Å². The van der Waals surface area contributed by atoms with E-state index in [0.717, 1.165) is 10.6 Å². The standard InChI is InChI=1S/C11H18Cl2/c1-7(2)8(12)11(13)9(3,4)10(11,5)6/h1-6H3. The van der Waals surface area contributed by atoms with Crippen molar-refractivity contribution in [1.82, 2.24) is 0 Å². The van der Waals surface area contributed by atoms with Crippen molar-refractivity contribution in [1.29, 1.82) is 0 Å². The highest BCUT2D eigenvalue weighted by Gasteiger charge is 2.78. The molecule has 13 heavy (non-hydrogen) atoms. The largest absolute Gasteiger partial charge is 0.112 e. The SMILES string of the molecule is CC(C)=C(Cl)C1(Cl)C(C)(C)C1(C)C. The van der Waals surface area contributed by atoms with Crippen LogP contribution in [0.2, 0.25) is 0 Å². The van der Waals surface area contributed by atoms with Gasteiger partial charge in [0.2, 0.25) is 0 Å². The molecule has 76 valence electrons. The van der Waals surface area contributed by atoms with Crippen LogP contribution in [0, 0.1) is 10.8 Å². The van der Waals surface area contributed by atoms with Crippen LogP contribution < -0.4 is 0 Å². The van der Waals surface area contributed by atoms with Crippen molar-refractivity contribution in [2.45, 2.75) is 46.4 Å². The molecule has 0 nitrogen and oxygen atoms in total. The Hall–Kier alpha value is 0.320. The minimum absolute atomic E-state index is 0.0793. The number of alkyl halides is 1. The van der Waals surface area contributed by atoms with Crippen LogP contribution >= 0.6 is 23.2 Å². The number of hydrogen-bond acceptors (Lipinski definition) is 0. The Morgan fingerprint density at radius 2 is 1.23 bits per heavy atom. The average Bonchev–Trinajstić information content (AvgIpc) is 2.28. The fraction of sp³-hybridized carbons (Fsp3) is 0.818. The highest BCUT2D eigenvalue weighted by atomic mass is 35.5. The van der Waals surface area contributed by atoms with Crippen molar-refractivity contribution < 1.29 is 0 Å². The monoisotopic (exact) mass is 220 g/mol. The molecular formula is C11H18Cl2. The Bertz CT molecular complexity index is 254. The highest BCUT2D eigenvalue weighted by Crippen LogP contribution is 2.78. The smallest absolute Gasteiger partial charge is 0.0912 e. The van der Waals surface area contributed by atoms with Crippen molar-refractivity contribution >= 4 is 23.2 Å². The number of rotatable bonds is 1. The van der Waals surface area contributed by atoms with Crippen molar-refractivity contribution in [3.05, 3.63) is 10.6 Å². The first-order valence-corrected chi connectivity index (χ1v) is 5.38. The van der Waals surface area contributed by atoms with Gasteiger partial charge in [0.1, 0.15) is 0 Å². The lowest BCUT2D eigenvalue weighted by molar-refractivity contribution is 0.457. The average molecular weight is 221 g/mol. The molecule has 1 aliphatic carbocycles. The Morgan fingerprint density at radius 3 is 1.31 bits per heavy atom. The molecule has 1 aliphatic rings. The maximum atomic E-state index is 6.58. The van der Waals surface area contributed by atoms with E-state index in [-0.39, 0.29) is 15.7 Å². The Balaban J connectivity index is 3.17. The molecule has 1 fully saturated rings. The quantitative estimate of drug-likeness (QED) is 0.569. The van der Waals surface area contributed by atoms with Gasteiger partial charge >= 0.3 is 0 Å². The molecule has 1 saturated carbocycles. The van der Waals surface area contributed by atoms with Gasteiger partial charge in [-0.1, -0.05) is 44.9 Å². The molecule has 0 unspecified atom stereocenters. The van der Waals surface area contributed by atoms with Crippen LogP contribution in [0.5, 0.6) is 0 Å². The Kier molecular flexibility index (Phi) is 2.34. The van der Waals surface area contributed by atoms with Gasteiger partial charge in [-0.05, 0) is 24.7 Å². The van der Waals surface area contributed by atoms with E-state index in [4.69, 9.17) is 23.2 Å². The fourth-order valence-corrected chi connectivity index (χ4v) is 3.22. The summed E-state index contributed by atoms with van der Waals surface area (Å²) < 4.78 is 0.